The zero-order valence-electron chi connectivity index (χ0n) is 12.4. The Morgan fingerprint density at radius 2 is 2.35 bits per heavy atom. The van der Waals surface area contributed by atoms with Gasteiger partial charge in [0.05, 0.1) is 6.61 Å². The van der Waals surface area contributed by atoms with Crippen molar-refractivity contribution in [3.8, 4) is 0 Å². The van der Waals surface area contributed by atoms with Crippen LogP contribution in [0.1, 0.15) is 24.4 Å². The lowest BCUT2D eigenvalue weighted by Crippen LogP contribution is -2.27. The summed E-state index contributed by atoms with van der Waals surface area (Å²) in [6.07, 6.45) is 2.37. The summed E-state index contributed by atoms with van der Waals surface area (Å²) < 4.78 is 5.25. The molecule has 0 radical (unpaired) electrons. The van der Waals surface area contributed by atoms with E-state index in [1.54, 1.807) is 7.11 Å². The van der Waals surface area contributed by atoms with E-state index in [4.69, 9.17) is 16.3 Å². The summed E-state index contributed by atoms with van der Waals surface area (Å²) in [6.45, 7) is 4.37. The van der Waals surface area contributed by atoms with Crippen molar-refractivity contribution in [1.29, 1.82) is 0 Å². The minimum atomic E-state index is 0.371. The molecule has 0 spiro atoms. The summed E-state index contributed by atoms with van der Waals surface area (Å²) in [5.74, 6) is 0.708. The molecule has 2 unspecified atom stereocenters. The van der Waals surface area contributed by atoms with Gasteiger partial charge in [-0.05, 0) is 56.6 Å². The predicted octanol–water partition coefficient (Wildman–Crippen LogP) is 2.96. The number of methoxy groups -OCH3 is 1. The van der Waals surface area contributed by atoms with Crippen molar-refractivity contribution in [1.82, 2.24) is 10.2 Å². The molecule has 112 valence electrons. The first kappa shape index (κ1) is 15.8. The highest BCUT2D eigenvalue weighted by Crippen LogP contribution is 2.22. The van der Waals surface area contributed by atoms with Crippen LogP contribution in [-0.2, 0) is 4.74 Å². The van der Waals surface area contributed by atoms with Crippen LogP contribution in [0.2, 0.25) is 5.02 Å². The monoisotopic (exact) mass is 296 g/mol. The van der Waals surface area contributed by atoms with Crippen LogP contribution in [0, 0.1) is 5.92 Å². The highest BCUT2D eigenvalue weighted by molar-refractivity contribution is 6.30. The number of nitrogens with one attached hydrogen (secondary N) is 1. The second kappa shape index (κ2) is 7.99. The molecule has 1 N–H and O–H groups in total. The first-order valence-corrected chi connectivity index (χ1v) is 7.74. The van der Waals surface area contributed by atoms with Crippen LogP contribution < -0.4 is 5.32 Å². The Morgan fingerprint density at radius 1 is 1.50 bits per heavy atom. The van der Waals surface area contributed by atoms with E-state index in [9.17, 15) is 0 Å². The lowest BCUT2D eigenvalue weighted by Gasteiger charge is -2.21. The molecule has 1 fully saturated rings. The van der Waals surface area contributed by atoms with Crippen LogP contribution in [0.3, 0.4) is 0 Å². The van der Waals surface area contributed by atoms with Gasteiger partial charge in [-0.15, -0.1) is 0 Å². The standard InChI is InChI=1S/C16H25ClN2O/c1-18-16(14-4-3-5-15(17)10-14)7-9-19-8-6-13(11-19)12-20-2/h3-5,10,13,16,18H,6-9,11-12H2,1-2H3. The van der Waals surface area contributed by atoms with Crippen LogP contribution in [0.25, 0.3) is 0 Å². The molecule has 4 heteroatoms. The van der Waals surface area contributed by atoms with Crippen molar-refractivity contribution in [2.75, 3.05) is 40.4 Å². The number of halogens is 1. The van der Waals surface area contributed by atoms with Gasteiger partial charge in [0.2, 0.25) is 0 Å². The topological polar surface area (TPSA) is 24.5 Å². The number of hydrogen-bond donors (Lipinski definition) is 1. The molecule has 0 amide bonds. The highest BCUT2D eigenvalue weighted by atomic mass is 35.5. The molecule has 0 bridgehead atoms. The van der Waals surface area contributed by atoms with Gasteiger partial charge < -0.3 is 15.0 Å². The van der Waals surface area contributed by atoms with E-state index >= 15 is 0 Å². The molecule has 0 aromatic heterocycles. The first-order chi connectivity index (χ1) is 9.72. The maximum absolute atomic E-state index is 6.07. The molecule has 0 saturated carbocycles. The van der Waals surface area contributed by atoms with Gasteiger partial charge in [-0.2, -0.15) is 0 Å². The Bertz CT molecular complexity index is 413. The molecule has 2 rings (SSSR count). The van der Waals surface area contributed by atoms with Crippen molar-refractivity contribution in [2.24, 2.45) is 5.92 Å². The minimum Gasteiger partial charge on any atom is -0.384 e. The van der Waals surface area contributed by atoms with Crippen molar-refractivity contribution in [3.63, 3.8) is 0 Å². The molecular weight excluding hydrogens is 272 g/mol. The lowest BCUT2D eigenvalue weighted by molar-refractivity contribution is 0.153. The Hall–Kier alpha value is -0.610. The quantitative estimate of drug-likeness (QED) is 0.837. The zero-order valence-corrected chi connectivity index (χ0v) is 13.2. The average Bonchev–Trinajstić information content (AvgIpc) is 2.88. The third-order valence-corrected chi connectivity index (χ3v) is 4.34. The Labute approximate surface area is 127 Å². The molecule has 1 heterocycles. The summed E-state index contributed by atoms with van der Waals surface area (Å²) in [7, 11) is 3.81. The number of likely N-dealkylation sites (tertiary alicyclic amines) is 1. The molecule has 20 heavy (non-hydrogen) atoms. The lowest BCUT2D eigenvalue weighted by atomic mass is 10.0. The summed E-state index contributed by atoms with van der Waals surface area (Å²) in [6, 6.07) is 8.51. The molecule has 1 aromatic carbocycles. The van der Waals surface area contributed by atoms with Gasteiger partial charge in [-0.25, -0.2) is 0 Å². The van der Waals surface area contributed by atoms with Crippen LogP contribution in [0.4, 0.5) is 0 Å². The number of ether oxygens (including phenoxy) is 1. The van der Waals surface area contributed by atoms with Crippen LogP contribution in [-0.4, -0.2) is 45.3 Å². The van der Waals surface area contributed by atoms with Crippen molar-refractivity contribution < 1.29 is 4.74 Å². The van der Waals surface area contributed by atoms with Gasteiger partial charge in [0.1, 0.15) is 0 Å². The van der Waals surface area contributed by atoms with E-state index in [2.05, 4.69) is 22.3 Å². The molecule has 1 saturated heterocycles. The summed E-state index contributed by atoms with van der Waals surface area (Å²) in [4.78, 5) is 2.54. The van der Waals surface area contributed by atoms with Crippen LogP contribution in [0.5, 0.6) is 0 Å². The van der Waals surface area contributed by atoms with Crippen LogP contribution >= 0.6 is 11.6 Å². The third-order valence-electron chi connectivity index (χ3n) is 4.11. The molecule has 1 aromatic rings. The third kappa shape index (κ3) is 4.45. The van der Waals surface area contributed by atoms with E-state index in [1.807, 2.05) is 19.2 Å². The Balaban J connectivity index is 1.83. The second-order valence-electron chi connectivity index (χ2n) is 5.60. The van der Waals surface area contributed by atoms with E-state index < -0.39 is 0 Å². The van der Waals surface area contributed by atoms with Gasteiger partial charge >= 0.3 is 0 Å². The van der Waals surface area contributed by atoms with Gasteiger partial charge in [0.25, 0.3) is 0 Å². The van der Waals surface area contributed by atoms with Gasteiger partial charge in [-0.3, -0.25) is 0 Å². The number of rotatable bonds is 7. The molecular formula is C16H25ClN2O. The summed E-state index contributed by atoms with van der Waals surface area (Å²) in [5, 5.41) is 4.21. The SMILES string of the molecule is CNC(CCN1CCC(COC)C1)c1cccc(Cl)c1. The Kier molecular flexibility index (Phi) is 6.30. The number of benzene rings is 1. The molecule has 2 atom stereocenters. The maximum Gasteiger partial charge on any atom is 0.0503 e. The van der Waals surface area contributed by atoms with Crippen molar-refractivity contribution in [3.05, 3.63) is 34.9 Å². The van der Waals surface area contributed by atoms with E-state index in [1.165, 1.54) is 25.1 Å². The van der Waals surface area contributed by atoms with Crippen molar-refractivity contribution in [2.45, 2.75) is 18.9 Å². The normalized spacial score (nSPS) is 21.2. The summed E-state index contributed by atoms with van der Waals surface area (Å²) >= 11 is 6.07. The van der Waals surface area contributed by atoms with Crippen molar-refractivity contribution >= 4 is 11.6 Å². The fourth-order valence-electron chi connectivity index (χ4n) is 3.00. The maximum atomic E-state index is 6.07. The van der Waals surface area contributed by atoms with E-state index in [0.29, 0.717) is 12.0 Å². The van der Waals surface area contributed by atoms with Gasteiger partial charge in [0, 0.05) is 24.7 Å². The molecule has 1 aliphatic rings. The average molecular weight is 297 g/mol. The first-order valence-electron chi connectivity index (χ1n) is 7.37. The second-order valence-corrected chi connectivity index (χ2v) is 6.03. The smallest absolute Gasteiger partial charge is 0.0503 e. The zero-order chi connectivity index (χ0) is 14.4. The van der Waals surface area contributed by atoms with E-state index in [-0.39, 0.29) is 0 Å². The number of hydrogen-bond acceptors (Lipinski definition) is 3. The minimum absolute atomic E-state index is 0.371. The Morgan fingerprint density at radius 3 is 3.05 bits per heavy atom. The fraction of sp³-hybridized carbons (Fsp3) is 0.625. The fourth-order valence-corrected chi connectivity index (χ4v) is 3.20. The van der Waals surface area contributed by atoms with Crippen LogP contribution in [0.15, 0.2) is 24.3 Å². The van der Waals surface area contributed by atoms with Gasteiger partial charge in [0.15, 0.2) is 0 Å². The summed E-state index contributed by atoms with van der Waals surface area (Å²) in [5.41, 5.74) is 1.27. The highest BCUT2D eigenvalue weighted by Gasteiger charge is 2.22. The number of nitrogens with zero attached hydrogens (tertiary/aromatic N) is 1. The largest absolute Gasteiger partial charge is 0.384 e. The molecule has 1 aliphatic heterocycles. The molecule has 0 aliphatic carbocycles. The van der Waals surface area contributed by atoms with Gasteiger partial charge in [-0.1, -0.05) is 23.7 Å². The van der Waals surface area contributed by atoms with E-state index in [0.717, 1.165) is 24.6 Å². The predicted molar refractivity (Wildman–Crippen MR) is 84.3 cm³/mol. The molecule has 3 nitrogen and oxygen atoms in total.